The maximum absolute atomic E-state index is 14.5. The van der Waals surface area contributed by atoms with Crippen molar-refractivity contribution in [3.63, 3.8) is 0 Å². The molecule has 0 spiro atoms. The molecule has 45 heavy (non-hydrogen) atoms. The van der Waals surface area contributed by atoms with Crippen LogP contribution in [0.15, 0.2) is 48.5 Å². The van der Waals surface area contributed by atoms with Crippen LogP contribution < -0.4 is 10.6 Å². The summed E-state index contributed by atoms with van der Waals surface area (Å²) in [6.45, 7) is 7.24. The number of carbonyl (C=O) groups excluding carboxylic acids is 2. The molecule has 2 saturated heterocycles. The molecule has 4 aliphatic rings. The Balaban J connectivity index is 1.18. The number of hydrogen-bond acceptors (Lipinski definition) is 4. The monoisotopic (exact) mass is 633 g/mol. The summed E-state index contributed by atoms with van der Waals surface area (Å²) in [5.74, 6) is 0.214. The third kappa shape index (κ3) is 7.36. The van der Waals surface area contributed by atoms with Gasteiger partial charge in [0.05, 0.1) is 6.04 Å². The van der Waals surface area contributed by atoms with E-state index in [1.54, 1.807) is 0 Å². The summed E-state index contributed by atoms with van der Waals surface area (Å²) in [4.78, 5) is 35.0. The number of urea groups is 1. The standard InChI is InChI=1S/C37H52ClN5O2/c1-3-41(4-2)37(45)43(31-12-6-5-7-13-31)34-22-32-18-19-33(23-34)42(32)36(44)35(20-26-14-16-29(38)17-15-26)40-25-30-21-27-10-8-9-11-28(27)24-39-30/h8-11,14-17,30-35,39-40H,3-7,12-13,18-25H2,1-2H3/t30-,32?,33?,34?,35-/m1/s1. The van der Waals surface area contributed by atoms with Gasteiger partial charge < -0.3 is 25.3 Å². The van der Waals surface area contributed by atoms with Crippen molar-refractivity contribution >= 4 is 23.5 Å². The second-order valence-corrected chi connectivity index (χ2v) is 14.2. The fourth-order valence-corrected chi connectivity index (χ4v) is 8.72. The predicted octanol–water partition coefficient (Wildman–Crippen LogP) is 6.17. The van der Waals surface area contributed by atoms with E-state index >= 15 is 0 Å². The van der Waals surface area contributed by atoms with Gasteiger partial charge in [-0.2, -0.15) is 0 Å². The topological polar surface area (TPSA) is 67.9 Å². The zero-order chi connectivity index (χ0) is 31.3. The van der Waals surface area contributed by atoms with Gasteiger partial charge in [0.2, 0.25) is 5.91 Å². The highest BCUT2D eigenvalue weighted by atomic mass is 35.5. The molecule has 2 N–H and O–H groups in total. The number of rotatable bonds is 10. The van der Waals surface area contributed by atoms with Crippen molar-refractivity contribution in [2.75, 3.05) is 19.6 Å². The van der Waals surface area contributed by atoms with Crippen LogP contribution in [0.2, 0.25) is 5.02 Å². The summed E-state index contributed by atoms with van der Waals surface area (Å²) in [6, 6.07) is 17.6. The molecule has 6 rings (SSSR count). The molecule has 3 heterocycles. The van der Waals surface area contributed by atoms with Crippen LogP contribution in [0.4, 0.5) is 4.79 Å². The first-order valence-electron chi connectivity index (χ1n) is 17.6. The van der Waals surface area contributed by atoms with E-state index in [9.17, 15) is 9.59 Å². The summed E-state index contributed by atoms with van der Waals surface area (Å²) in [5.41, 5.74) is 3.87. The van der Waals surface area contributed by atoms with Gasteiger partial charge in [0.25, 0.3) is 0 Å². The Morgan fingerprint density at radius 1 is 0.911 bits per heavy atom. The number of carbonyl (C=O) groups is 2. The third-order valence-corrected chi connectivity index (χ3v) is 11.3. The van der Waals surface area contributed by atoms with Gasteiger partial charge in [0.15, 0.2) is 0 Å². The zero-order valence-electron chi connectivity index (χ0n) is 27.2. The highest BCUT2D eigenvalue weighted by Gasteiger charge is 2.48. The third-order valence-electron chi connectivity index (χ3n) is 11.0. The quantitative estimate of drug-likeness (QED) is 0.328. The number of benzene rings is 2. The van der Waals surface area contributed by atoms with Gasteiger partial charge in [-0.25, -0.2) is 4.79 Å². The van der Waals surface area contributed by atoms with Crippen LogP contribution in [0.25, 0.3) is 0 Å². The average Bonchev–Trinajstić information content (AvgIpc) is 3.33. The van der Waals surface area contributed by atoms with Crippen molar-refractivity contribution in [2.45, 2.75) is 127 Å². The molecule has 0 aromatic heterocycles. The Labute approximate surface area is 275 Å². The number of hydrogen-bond donors (Lipinski definition) is 2. The molecule has 2 bridgehead atoms. The van der Waals surface area contributed by atoms with Crippen LogP contribution in [0.3, 0.4) is 0 Å². The number of halogens is 1. The van der Waals surface area contributed by atoms with Gasteiger partial charge in [-0.05, 0) is 94.0 Å². The van der Waals surface area contributed by atoms with Crippen molar-refractivity contribution in [1.29, 1.82) is 0 Å². The van der Waals surface area contributed by atoms with Crippen molar-refractivity contribution in [1.82, 2.24) is 25.3 Å². The van der Waals surface area contributed by atoms with Crippen molar-refractivity contribution < 1.29 is 9.59 Å². The molecule has 244 valence electrons. The Bertz CT molecular complexity index is 1280. The second-order valence-electron chi connectivity index (χ2n) is 13.8. The van der Waals surface area contributed by atoms with Gasteiger partial charge >= 0.3 is 6.03 Å². The summed E-state index contributed by atoms with van der Waals surface area (Å²) in [6.07, 6.45) is 11.3. The molecular weight excluding hydrogens is 582 g/mol. The van der Waals surface area contributed by atoms with Crippen LogP contribution in [0, 0.1) is 0 Å². The van der Waals surface area contributed by atoms with Crippen LogP contribution in [-0.4, -0.2) is 82.5 Å². The maximum Gasteiger partial charge on any atom is 0.320 e. The second kappa shape index (κ2) is 14.9. The molecule has 0 radical (unpaired) electrons. The van der Waals surface area contributed by atoms with E-state index in [-0.39, 0.29) is 42.1 Å². The summed E-state index contributed by atoms with van der Waals surface area (Å²) < 4.78 is 0. The smallest absolute Gasteiger partial charge is 0.320 e. The Kier molecular flexibility index (Phi) is 10.7. The predicted molar refractivity (Wildman–Crippen MR) is 181 cm³/mol. The van der Waals surface area contributed by atoms with Crippen LogP contribution in [0.1, 0.15) is 88.3 Å². The first-order valence-corrected chi connectivity index (χ1v) is 18.0. The molecule has 7 nitrogen and oxygen atoms in total. The van der Waals surface area contributed by atoms with Gasteiger partial charge in [0, 0.05) is 61.4 Å². The molecule has 2 aromatic carbocycles. The van der Waals surface area contributed by atoms with E-state index in [0.29, 0.717) is 17.5 Å². The lowest BCUT2D eigenvalue weighted by Gasteiger charge is -2.48. The lowest BCUT2D eigenvalue weighted by atomic mass is 9.89. The molecule has 3 fully saturated rings. The van der Waals surface area contributed by atoms with Crippen molar-refractivity contribution in [2.24, 2.45) is 0 Å². The number of amides is 3. The number of nitrogens with one attached hydrogen (secondary N) is 2. The van der Waals surface area contributed by atoms with E-state index < -0.39 is 0 Å². The first kappa shape index (κ1) is 32.3. The van der Waals surface area contributed by atoms with E-state index in [0.717, 1.165) is 76.7 Å². The number of nitrogens with zero attached hydrogens (tertiary/aromatic N) is 3. The van der Waals surface area contributed by atoms with E-state index in [1.165, 1.54) is 30.4 Å². The summed E-state index contributed by atoms with van der Waals surface area (Å²) >= 11 is 6.21. The molecule has 8 heteroatoms. The molecule has 2 unspecified atom stereocenters. The highest BCUT2D eigenvalue weighted by molar-refractivity contribution is 6.30. The molecule has 4 atom stereocenters. The molecule has 1 saturated carbocycles. The van der Waals surface area contributed by atoms with Gasteiger partial charge in [-0.1, -0.05) is 67.3 Å². The van der Waals surface area contributed by atoms with Gasteiger partial charge in [-0.15, -0.1) is 0 Å². The lowest BCUT2D eigenvalue weighted by Crippen LogP contribution is -2.61. The Morgan fingerprint density at radius 3 is 2.24 bits per heavy atom. The maximum atomic E-state index is 14.5. The minimum Gasteiger partial charge on any atom is -0.335 e. The van der Waals surface area contributed by atoms with E-state index in [1.807, 2.05) is 29.2 Å². The van der Waals surface area contributed by atoms with Crippen LogP contribution >= 0.6 is 11.6 Å². The zero-order valence-corrected chi connectivity index (χ0v) is 28.0. The fourth-order valence-electron chi connectivity index (χ4n) is 8.60. The lowest BCUT2D eigenvalue weighted by molar-refractivity contribution is -0.139. The first-order chi connectivity index (χ1) is 21.9. The minimum absolute atomic E-state index is 0.186. The number of piperidine rings is 1. The van der Waals surface area contributed by atoms with Gasteiger partial charge in [0.1, 0.15) is 0 Å². The van der Waals surface area contributed by atoms with Gasteiger partial charge in [-0.3, -0.25) is 4.79 Å². The SMILES string of the molecule is CCN(CC)C(=O)N(C1CCCCC1)C1CC2CCC(C1)N2C(=O)[C@@H](Cc1ccc(Cl)cc1)NC[C@H]1Cc2ccccc2CN1. The Hall–Kier alpha value is -2.61. The normalized spacial score (nSPS) is 25.4. The summed E-state index contributed by atoms with van der Waals surface area (Å²) in [7, 11) is 0. The van der Waals surface area contributed by atoms with E-state index in [2.05, 4.69) is 58.5 Å². The number of fused-ring (bicyclic) bond motifs is 3. The molecule has 1 aliphatic carbocycles. The highest BCUT2D eigenvalue weighted by Crippen LogP contribution is 2.40. The molecule has 2 aromatic rings. The van der Waals surface area contributed by atoms with E-state index in [4.69, 9.17) is 11.6 Å². The Morgan fingerprint density at radius 2 is 1.58 bits per heavy atom. The average molecular weight is 634 g/mol. The van der Waals surface area contributed by atoms with Crippen molar-refractivity contribution in [3.8, 4) is 0 Å². The van der Waals surface area contributed by atoms with Crippen molar-refractivity contribution in [3.05, 3.63) is 70.2 Å². The van der Waals surface area contributed by atoms with Crippen LogP contribution in [-0.2, 0) is 24.2 Å². The molecular formula is C37H52ClN5O2. The molecule has 3 aliphatic heterocycles. The summed E-state index contributed by atoms with van der Waals surface area (Å²) in [5, 5.41) is 8.12. The minimum atomic E-state index is -0.309. The fraction of sp³-hybridized carbons (Fsp3) is 0.622. The van der Waals surface area contributed by atoms with Crippen LogP contribution in [0.5, 0.6) is 0 Å². The largest absolute Gasteiger partial charge is 0.335 e. The molecule has 3 amide bonds.